The quantitative estimate of drug-likeness (QED) is 0.0272. The Morgan fingerprint density at radius 2 is 0.982 bits per heavy atom. The first-order valence-corrected chi connectivity index (χ1v) is 23.4. The molecule has 0 amide bonds. The lowest BCUT2D eigenvalue weighted by Crippen LogP contribution is -2.42. The number of rotatable bonds is 26. The molecule has 0 aliphatic rings. The summed E-state index contributed by atoms with van der Waals surface area (Å²) in [5.74, 6) is 2.50. The molecule has 302 valence electrons. The number of benzene rings is 2. The summed E-state index contributed by atoms with van der Waals surface area (Å²) in [6.45, 7) is 13.2. The van der Waals surface area contributed by atoms with Crippen molar-refractivity contribution in [1.82, 2.24) is 4.90 Å². The van der Waals surface area contributed by atoms with Crippen LogP contribution in [0.3, 0.4) is 0 Å². The van der Waals surface area contributed by atoms with Crippen LogP contribution in [0.5, 0.6) is 0 Å². The molecule has 56 heavy (non-hydrogen) atoms. The normalized spacial score (nSPS) is 12.0. The molecule has 8 heteroatoms. The van der Waals surface area contributed by atoms with E-state index in [4.69, 9.17) is 0 Å². The second kappa shape index (κ2) is 24.9. The van der Waals surface area contributed by atoms with Crippen molar-refractivity contribution in [2.75, 3.05) is 95.8 Å². The van der Waals surface area contributed by atoms with Crippen LogP contribution in [0.25, 0.3) is 24.3 Å². The van der Waals surface area contributed by atoms with E-state index in [9.17, 15) is 0 Å². The summed E-state index contributed by atoms with van der Waals surface area (Å²) in [7, 11) is 15.6. The van der Waals surface area contributed by atoms with Crippen LogP contribution in [0.4, 0.5) is 11.4 Å². The summed E-state index contributed by atoms with van der Waals surface area (Å²) in [5.41, 5.74) is 7.49. The molecule has 2 aromatic carbocycles. The minimum absolute atomic E-state index is 0.975. The van der Waals surface area contributed by atoms with Gasteiger partial charge in [-0.2, -0.15) is 9.13 Å². The number of aromatic nitrogens is 2. The number of anilines is 2. The van der Waals surface area contributed by atoms with E-state index in [0.29, 0.717) is 0 Å². The Bertz CT molecular complexity index is 1740. The van der Waals surface area contributed by atoms with Crippen LogP contribution >= 0.6 is 21.6 Å². The van der Waals surface area contributed by atoms with Crippen LogP contribution in [0, 0.1) is 0 Å². The minimum atomic E-state index is 0.975. The Labute approximate surface area is 348 Å². The summed E-state index contributed by atoms with van der Waals surface area (Å²) >= 11 is 0. The second-order valence-electron chi connectivity index (χ2n) is 15.6. The maximum Gasteiger partial charge on any atom is 0.205 e. The van der Waals surface area contributed by atoms with Gasteiger partial charge in [0.15, 0.2) is 12.4 Å². The highest BCUT2D eigenvalue weighted by Crippen LogP contribution is 2.24. The van der Waals surface area contributed by atoms with Crippen molar-refractivity contribution in [2.45, 2.75) is 59.0 Å². The summed E-state index contributed by atoms with van der Waals surface area (Å²) in [5, 5.41) is 0. The van der Waals surface area contributed by atoms with Gasteiger partial charge in [-0.3, -0.25) is 0 Å². The molecule has 0 saturated heterocycles. The minimum Gasteiger partial charge on any atom is -0.375 e. The highest BCUT2D eigenvalue weighted by Gasteiger charge is 2.15. The van der Waals surface area contributed by atoms with Gasteiger partial charge in [0.1, 0.15) is 13.1 Å². The van der Waals surface area contributed by atoms with Crippen LogP contribution in [0.2, 0.25) is 0 Å². The Kier molecular flexibility index (Phi) is 20.1. The molecule has 0 spiro atoms. The van der Waals surface area contributed by atoms with Crippen LogP contribution in [0.15, 0.2) is 97.3 Å². The Morgan fingerprint density at radius 1 is 0.518 bits per heavy atom. The molecule has 0 aliphatic heterocycles. The molecule has 0 aliphatic carbocycles. The van der Waals surface area contributed by atoms with Gasteiger partial charge >= 0.3 is 0 Å². The number of hydrogen-bond donors (Lipinski definition) is 0. The average molecular weight is 796 g/mol. The molecule has 0 unspecified atom stereocenters. The van der Waals surface area contributed by atoms with E-state index in [-0.39, 0.29) is 0 Å². The van der Waals surface area contributed by atoms with Crippen molar-refractivity contribution in [2.24, 2.45) is 0 Å². The van der Waals surface area contributed by atoms with Gasteiger partial charge in [0.2, 0.25) is 11.4 Å². The van der Waals surface area contributed by atoms with E-state index in [1.807, 2.05) is 0 Å². The number of hydrogen-bond acceptors (Lipinski definition) is 5. The molecule has 0 radical (unpaired) electrons. The first kappa shape index (κ1) is 45.1. The van der Waals surface area contributed by atoms with Crippen LogP contribution in [-0.2, 0) is 13.1 Å². The first-order valence-electron chi connectivity index (χ1n) is 20.9. The van der Waals surface area contributed by atoms with Crippen LogP contribution in [0.1, 0.15) is 68.5 Å². The molecule has 0 bridgehead atoms. The maximum atomic E-state index is 2.51. The predicted molar refractivity (Wildman–Crippen MR) is 249 cm³/mol. The summed E-state index contributed by atoms with van der Waals surface area (Å²) in [6, 6.07) is 30.6. The van der Waals surface area contributed by atoms with Gasteiger partial charge in [-0.15, -0.1) is 0 Å². The molecular weight excluding hydrogens is 725 g/mol. The molecule has 0 fully saturated rings. The third-order valence-electron chi connectivity index (χ3n) is 10.6. The first-order chi connectivity index (χ1) is 27.2. The van der Waals surface area contributed by atoms with Gasteiger partial charge in [-0.05, 0) is 113 Å². The van der Waals surface area contributed by atoms with Crippen molar-refractivity contribution in [3.8, 4) is 0 Å². The fraction of sp³-hybridized carbons (Fsp3) is 0.458. The van der Waals surface area contributed by atoms with Crippen LogP contribution in [-0.4, -0.2) is 95.4 Å². The zero-order chi connectivity index (χ0) is 40.0. The molecule has 4 rings (SSSR count). The second-order valence-corrected chi connectivity index (χ2v) is 18.3. The number of quaternary nitrogens is 1. The van der Waals surface area contributed by atoms with Gasteiger partial charge in [-0.1, -0.05) is 45.9 Å². The van der Waals surface area contributed by atoms with Crippen molar-refractivity contribution >= 4 is 57.3 Å². The van der Waals surface area contributed by atoms with E-state index < -0.39 is 0 Å². The Hall–Kier alpha value is -3.56. The smallest absolute Gasteiger partial charge is 0.205 e. The molecule has 6 nitrogen and oxygen atoms in total. The predicted octanol–water partition coefficient (Wildman–Crippen LogP) is 9.55. The molecule has 0 saturated carbocycles. The van der Waals surface area contributed by atoms with Gasteiger partial charge in [0.05, 0.1) is 27.2 Å². The highest BCUT2D eigenvalue weighted by atomic mass is 33.1. The largest absolute Gasteiger partial charge is 0.375 e. The lowest BCUT2D eigenvalue weighted by Gasteiger charge is -2.31. The van der Waals surface area contributed by atoms with Crippen molar-refractivity contribution in [3.05, 3.63) is 120 Å². The number of unbranched alkanes of at least 4 members (excludes halogenated alkanes) is 1. The number of aryl methyl sites for hydroxylation is 2. The maximum absolute atomic E-state index is 2.51. The van der Waals surface area contributed by atoms with Crippen molar-refractivity contribution < 1.29 is 13.6 Å². The van der Waals surface area contributed by atoms with Crippen molar-refractivity contribution in [3.63, 3.8) is 0 Å². The topological polar surface area (TPSA) is 17.5 Å². The molecule has 4 aromatic rings. The van der Waals surface area contributed by atoms with E-state index >= 15 is 0 Å². The molecule has 0 atom stereocenters. The number of pyridine rings is 2. The Morgan fingerprint density at radius 3 is 1.50 bits per heavy atom. The lowest BCUT2D eigenvalue weighted by molar-refractivity contribution is -0.890. The number of nitrogens with zero attached hydrogens (tertiary/aromatic N) is 6. The molecular formula is C48H71N6S2+3. The molecule has 0 N–H and O–H groups in total. The molecule has 2 aromatic heterocycles. The van der Waals surface area contributed by atoms with E-state index in [0.717, 1.165) is 37.2 Å². The third kappa shape index (κ3) is 16.5. The lowest BCUT2D eigenvalue weighted by atomic mass is 10.1. The van der Waals surface area contributed by atoms with Crippen molar-refractivity contribution in [1.29, 1.82) is 0 Å². The fourth-order valence-corrected chi connectivity index (χ4v) is 9.13. The van der Waals surface area contributed by atoms with Crippen LogP contribution < -0.4 is 18.9 Å². The SMILES string of the molecule is CC[n+]1ccccc1C=Cc1ccc(N(C)CCCN(C)CCCCSSCCC[N+](C)(C)CCCN(C)c2ccc(C=Cc3cccc[n+]3CC)cc2)cc1. The summed E-state index contributed by atoms with van der Waals surface area (Å²) in [4.78, 5) is 7.28. The summed E-state index contributed by atoms with van der Waals surface area (Å²) in [6.07, 6.45) is 19.3. The van der Waals surface area contributed by atoms with E-state index in [2.05, 4.69) is 216 Å². The molecule has 2 heterocycles. The van der Waals surface area contributed by atoms with Gasteiger partial charge in [0, 0.05) is 99.3 Å². The third-order valence-corrected chi connectivity index (χ3v) is 13.2. The zero-order valence-corrected chi connectivity index (χ0v) is 37.3. The summed E-state index contributed by atoms with van der Waals surface area (Å²) < 4.78 is 5.61. The average Bonchev–Trinajstić information content (AvgIpc) is 3.21. The van der Waals surface area contributed by atoms with Gasteiger partial charge < -0.3 is 19.2 Å². The monoisotopic (exact) mass is 796 g/mol. The highest BCUT2D eigenvalue weighted by molar-refractivity contribution is 8.76. The zero-order valence-electron chi connectivity index (χ0n) is 35.7. The standard InChI is InChI=1S/C48H71N6S2/c1-8-52-37-12-10-19-47(52)31-25-43-21-27-45(28-22-43)50(4)35-16-34-49(3)33-14-15-41-55-56-42-18-40-54(6,7)39-17-36-51(5)46-29-23-44(24-30-46)26-32-48-20-11-13-38-53(48)9-2/h10-13,19-32,37-38H,8-9,14-18,33-36,39-42H2,1-7H3/q+3. The Balaban J connectivity index is 0.985. The van der Waals surface area contributed by atoms with E-state index in [1.54, 1.807) is 0 Å². The van der Waals surface area contributed by atoms with Gasteiger partial charge in [-0.25, -0.2) is 0 Å². The van der Waals surface area contributed by atoms with E-state index in [1.165, 1.54) is 97.1 Å². The van der Waals surface area contributed by atoms with Gasteiger partial charge in [0.25, 0.3) is 0 Å². The fourth-order valence-electron chi connectivity index (χ4n) is 6.91.